The molecule has 0 saturated heterocycles. The van der Waals surface area contributed by atoms with E-state index in [0.29, 0.717) is 10.8 Å². The smallest absolute Gasteiger partial charge is 0.340 e. The first-order valence-corrected chi connectivity index (χ1v) is 5.04. The Morgan fingerprint density at radius 3 is 2.88 bits per heavy atom. The molecular formula is C10H9ClN4O2. The van der Waals surface area contributed by atoms with Crippen LogP contribution < -0.4 is 5.73 Å². The number of rotatable bonds is 2. The SMILES string of the molecule is COC(=O)c1cc(-n2cc(Cl)cn2)ncc1N. The minimum atomic E-state index is -0.524. The maximum atomic E-state index is 11.4. The Labute approximate surface area is 102 Å². The molecule has 0 bridgehead atoms. The van der Waals surface area contributed by atoms with Crippen molar-refractivity contribution in [3.63, 3.8) is 0 Å². The van der Waals surface area contributed by atoms with E-state index in [1.165, 1.54) is 30.3 Å². The van der Waals surface area contributed by atoms with Gasteiger partial charge >= 0.3 is 5.97 Å². The summed E-state index contributed by atoms with van der Waals surface area (Å²) in [6, 6.07) is 1.49. The average molecular weight is 253 g/mol. The number of nitrogen functional groups attached to an aromatic ring is 1. The van der Waals surface area contributed by atoms with Crippen molar-refractivity contribution >= 4 is 23.3 Å². The lowest BCUT2D eigenvalue weighted by Gasteiger charge is -2.05. The Balaban J connectivity index is 2.47. The minimum Gasteiger partial charge on any atom is -0.465 e. The minimum absolute atomic E-state index is 0.240. The van der Waals surface area contributed by atoms with Gasteiger partial charge < -0.3 is 10.5 Å². The molecule has 0 aromatic carbocycles. The van der Waals surface area contributed by atoms with Crippen molar-refractivity contribution in [3.8, 4) is 5.82 Å². The zero-order valence-electron chi connectivity index (χ0n) is 8.92. The molecule has 0 atom stereocenters. The number of pyridine rings is 1. The molecule has 2 N–H and O–H groups in total. The topological polar surface area (TPSA) is 83.0 Å². The number of esters is 1. The highest BCUT2D eigenvalue weighted by Crippen LogP contribution is 2.16. The summed E-state index contributed by atoms with van der Waals surface area (Å²) in [6.07, 6.45) is 4.41. The second-order valence-corrected chi connectivity index (χ2v) is 3.66. The Morgan fingerprint density at radius 2 is 2.29 bits per heavy atom. The fraction of sp³-hybridized carbons (Fsp3) is 0.100. The third kappa shape index (κ3) is 2.21. The zero-order valence-corrected chi connectivity index (χ0v) is 9.68. The normalized spacial score (nSPS) is 10.2. The number of carbonyl (C=O) groups excluding carboxylic acids is 1. The van der Waals surface area contributed by atoms with Crippen LogP contribution in [0.5, 0.6) is 0 Å². The molecule has 0 spiro atoms. The summed E-state index contributed by atoms with van der Waals surface area (Å²) in [6.45, 7) is 0. The van der Waals surface area contributed by atoms with E-state index in [1.54, 1.807) is 6.20 Å². The molecule has 0 amide bonds. The summed E-state index contributed by atoms with van der Waals surface area (Å²) in [5.41, 5.74) is 6.12. The number of anilines is 1. The molecule has 0 radical (unpaired) electrons. The van der Waals surface area contributed by atoms with Crippen LogP contribution in [-0.4, -0.2) is 27.8 Å². The quantitative estimate of drug-likeness (QED) is 0.815. The van der Waals surface area contributed by atoms with Crippen LogP contribution in [0.15, 0.2) is 24.7 Å². The van der Waals surface area contributed by atoms with Gasteiger partial charge in [-0.25, -0.2) is 14.5 Å². The molecule has 0 aliphatic carbocycles. The second-order valence-electron chi connectivity index (χ2n) is 3.22. The van der Waals surface area contributed by atoms with Crippen LogP contribution in [0.2, 0.25) is 5.02 Å². The van der Waals surface area contributed by atoms with Gasteiger partial charge in [0, 0.05) is 0 Å². The summed E-state index contributed by atoms with van der Waals surface area (Å²) in [5, 5.41) is 4.45. The molecule has 0 fully saturated rings. The zero-order chi connectivity index (χ0) is 12.4. The van der Waals surface area contributed by atoms with Crippen LogP contribution in [0, 0.1) is 0 Å². The number of hydrogen-bond donors (Lipinski definition) is 1. The van der Waals surface area contributed by atoms with Gasteiger partial charge in [-0.1, -0.05) is 11.6 Å². The molecule has 2 heterocycles. The lowest BCUT2D eigenvalue weighted by atomic mass is 10.2. The molecule has 88 valence electrons. The third-order valence-electron chi connectivity index (χ3n) is 2.11. The Kier molecular flexibility index (Phi) is 2.97. The lowest BCUT2D eigenvalue weighted by molar-refractivity contribution is 0.0602. The van der Waals surface area contributed by atoms with E-state index in [4.69, 9.17) is 17.3 Å². The molecule has 2 rings (SSSR count). The molecule has 0 aliphatic heterocycles. The van der Waals surface area contributed by atoms with E-state index in [-0.39, 0.29) is 11.3 Å². The largest absolute Gasteiger partial charge is 0.465 e. The van der Waals surface area contributed by atoms with Gasteiger partial charge in [-0.15, -0.1) is 0 Å². The van der Waals surface area contributed by atoms with Crippen molar-refractivity contribution < 1.29 is 9.53 Å². The number of methoxy groups -OCH3 is 1. The van der Waals surface area contributed by atoms with Crippen LogP contribution in [0.3, 0.4) is 0 Å². The Bertz CT molecular complexity index is 567. The molecule has 7 heteroatoms. The maximum absolute atomic E-state index is 11.4. The molecular weight excluding hydrogens is 244 g/mol. The highest BCUT2D eigenvalue weighted by Gasteiger charge is 2.12. The van der Waals surface area contributed by atoms with Crippen LogP contribution in [0.1, 0.15) is 10.4 Å². The van der Waals surface area contributed by atoms with E-state index in [2.05, 4.69) is 14.8 Å². The summed E-state index contributed by atoms with van der Waals surface area (Å²) in [7, 11) is 1.28. The van der Waals surface area contributed by atoms with Gasteiger partial charge in [0.05, 0.1) is 42.0 Å². The number of halogens is 1. The summed E-state index contributed by atoms with van der Waals surface area (Å²) in [5.74, 6) is -0.0871. The van der Waals surface area contributed by atoms with E-state index in [1.807, 2.05) is 0 Å². The standard InChI is InChI=1S/C10H9ClN4O2/c1-17-10(16)7-2-9(13-4-8(7)12)15-5-6(11)3-14-15/h2-5H,12H2,1H3. The molecule has 0 unspecified atom stereocenters. The fourth-order valence-electron chi connectivity index (χ4n) is 1.29. The number of aromatic nitrogens is 3. The van der Waals surface area contributed by atoms with Crippen molar-refractivity contribution in [3.05, 3.63) is 35.2 Å². The lowest BCUT2D eigenvalue weighted by Crippen LogP contribution is -2.08. The molecule has 0 aliphatic rings. The van der Waals surface area contributed by atoms with Crippen molar-refractivity contribution in [2.75, 3.05) is 12.8 Å². The summed E-state index contributed by atoms with van der Waals surface area (Å²) < 4.78 is 6.05. The Hall–Kier alpha value is -2.08. The summed E-state index contributed by atoms with van der Waals surface area (Å²) >= 11 is 5.74. The van der Waals surface area contributed by atoms with Crippen LogP contribution >= 0.6 is 11.6 Å². The van der Waals surface area contributed by atoms with Gasteiger partial charge in [-0.2, -0.15) is 5.10 Å². The number of hydrogen-bond acceptors (Lipinski definition) is 5. The molecule has 6 nitrogen and oxygen atoms in total. The van der Waals surface area contributed by atoms with Crippen molar-refractivity contribution in [1.29, 1.82) is 0 Å². The van der Waals surface area contributed by atoms with Crippen LogP contribution in [-0.2, 0) is 4.74 Å². The van der Waals surface area contributed by atoms with Crippen molar-refractivity contribution in [2.24, 2.45) is 0 Å². The van der Waals surface area contributed by atoms with Crippen molar-refractivity contribution in [1.82, 2.24) is 14.8 Å². The third-order valence-corrected chi connectivity index (χ3v) is 2.31. The predicted molar refractivity (Wildman–Crippen MR) is 62.1 cm³/mol. The highest BCUT2D eigenvalue weighted by atomic mass is 35.5. The molecule has 2 aromatic rings. The second kappa shape index (κ2) is 4.42. The van der Waals surface area contributed by atoms with Crippen LogP contribution in [0.25, 0.3) is 5.82 Å². The number of ether oxygens (including phenoxy) is 1. The predicted octanol–water partition coefficient (Wildman–Crippen LogP) is 1.29. The molecule has 0 saturated carbocycles. The van der Waals surface area contributed by atoms with Gasteiger partial charge in [0.25, 0.3) is 0 Å². The Morgan fingerprint density at radius 1 is 1.53 bits per heavy atom. The van der Waals surface area contributed by atoms with Gasteiger partial charge in [-0.3, -0.25) is 0 Å². The van der Waals surface area contributed by atoms with Gasteiger partial charge in [0.2, 0.25) is 0 Å². The number of carbonyl (C=O) groups is 1. The summed E-state index contributed by atoms with van der Waals surface area (Å²) in [4.78, 5) is 15.5. The van der Waals surface area contributed by atoms with Gasteiger partial charge in [0.1, 0.15) is 0 Å². The van der Waals surface area contributed by atoms with Crippen molar-refractivity contribution in [2.45, 2.75) is 0 Å². The molecule has 17 heavy (non-hydrogen) atoms. The van der Waals surface area contributed by atoms with E-state index >= 15 is 0 Å². The van der Waals surface area contributed by atoms with E-state index in [9.17, 15) is 4.79 Å². The first kappa shape index (κ1) is 11.4. The average Bonchev–Trinajstić information content (AvgIpc) is 2.75. The first-order chi connectivity index (χ1) is 8.11. The monoisotopic (exact) mass is 252 g/mol. The maximum Gasteiger partial charge on any atom is 0.340 e. The van der Waals surface area contributed by atoms with Gasteiger partial charge in [-0.05, 0) is 6.07 Å². The first-order valence-electron chi connectivity index (χ1n) is 4.66. The number of nitrogens with two attached hydrogens (primary N) is 1. The molecule has 2 aromatic heterocycles. The van der Waals surface area contributed by atoms with E-state index < -0.39 is 5.97 Å². The number of nitrogens with zero attached hydrogens (tertiary/aromatic N) is 3. The van der Waals surface area contributed by atoms with Crippen LogP contribution in [0.4, 0.5) is 5.69 Å². The van der Waals surface area contributed by atoms with E-state index in [0.717, 1.165) is 0 Å². The fourth-order valence-corrected chi connectivity index (χ4v) is 1.43. The van der Waals surface area contributed by atoms with Gasteiger partial charge in [0.15, 0.2) is 5.82 Å². The highest BCUT2D eigenvalue weighted by molar-refractivity contribution is 6.30.